The molecule has 2 atom stereocenters. The molecule has 0 bridgehead atoms. The SMILES string of the molecule is O=C(CSc1ncnc2ccsc12)NC1CCCCC1C(F)(F)F. The van der Waals surface area contributed by atoms with Crippen LogP contribution in [0.3, 0.4) is 0 Å². The number of fused-ring (bicyclic) bond motifs is 1. The van der Waals surface area contributed by atoms with Gasteiger partial charge in [-0.3, -0.25) is 4.79 Å². The molecule has 2 aromatic rings. The first kappa shape index (κ1) is 17.5. The molecule has 1 aliphatic rings. The number of nitrogens with zero attached hydrogens (tertiary/aromatic N) is 2. The summed E-state index contributed by atoms with van der Waals surface area (Å²) in [4.78, 5) is 20.4. The number of rotatable bonds is 4. The molecule has 9 heteroatoms. The Morgan fingerprint density at radius 3 is 2.92 bits per heavy atom. The van der Waals surface area contributed by atoms with Crippen LogP contribution in [-0.2, 0) is 4.79 Å². The monoisotopic (exact) mass is 375 g/mol. The zero-order chi connectivity index (χ0) is 17.2. The van der Waals surface area contributed by atoms with Crippen LogP contribution in [0, 0.1) is 5.92 Å². The molecule has 2 unspecified atom stereocenters. The zero-order valence-electron chi connectivity index (χ0n) is 12.7. The summed E-state index contributed by atoms with van der Waals surface area (Å²) < 4.78 is 40.1. The van der Waals surface area contributed by atoms with E-state index in [1.807, 2.05) is 11.4 Å². The van der Waals surface area contributed by atoms with Gasteiger partial charge in [-0.05, 0) is 24.3 Å². The van der Waals surface area contributed by atoms with E-state index >= 15 is 0 Å². The number of thioether (sulfide) groups is 1. The van der Waals surface area contributed by atoms with Crippen LogP contribution < -0.4 is 5.32 Å². The number of alkyl halides is 3. The van der Waals surface area contributed by atoms with E-state index in [2.05, 4.69) is 15.3 Å². The maximum absolute atomic E-state index is 13.1. The predicted octanol–water partition coefficient (Wildman–Crippen LogP) is 4.02. The highest BCUT2D eigenvalue weighted by Gasteiger charge is 2.45. The minimum atomic E-state index is -4.26. The maximum atomic E-state index is 13.1. The topological polar surface area (TPSA) is 54.9 Å². The van der Waals surface area contributed by atoms with E-state index in [1.54, 1.807) is 0 Å². The number of nitrogens with one attached hydrogen (secondary N) is 1. The number of hydrogen-bond donors (Lipinski definition) is 1. The maximum Gasteiger partial charge on any atom is 0.393 e. The van der Waals surface area contributed by atoms with Gasteiger partial charge in [0.2, 0.25) is 5.91 Å². The van der Waals surface area contributed by atoms with Crippen molar-refractivity contribution in [1.29, 1.82) is 0 Å². The first-order chi connectivity index (χ1) is 11.4. The lowest BCUT2D eigenvalue weighted by Crippen LogP contribution is -2.48. The molecule has 2 aromatic heterocycles. The molecule has 0 radical (unpaired) electrons. The van der Waals surface area contributed by atoms with Gasteiger partial charge in [-0.2, -0.15) is 13.2 Å². The van der Waals surface area contributed by atoms with Gasteiger partial charge in [-0.15, -0.1) is 11.3 Å². The van der Waals surface area contributed by atoms with Crippen molar-refractivity contribution in [3.63, 3.8) is 0 Å². The van der Waals surface area contributed by atoms with Crippen molar-refractivity contribution in [3.05, 3.63) is 17.8 Å². The molecule has 1 amide bonds. The van der Waals surface area contributed by atoms with E-state index in [-0.39, 0.29) is 18.1 Å². The Balaban J connectivity index is 1.60. The van der Waals surface area contributed by atoms with Crippen molar-refractivity contribution in [2.75, 3.05) is 5.75 Å². The quantitative estimate of drug-likeness (QED) is 0.648. The molecular weight excluding hydrogens is 359 g/mol. The standard InChI is InChI=1S/C15H16F3N3OS2/c16-15(17,18)9-3-1-2-4-10(9)21-12(22)7-24-14-13-11(5-6-23-13)19-8-20-14/h5-6,8-10H,1-4,7H2,(H,21,22). The number of carbonyl (C=O) groups excluding carboxylic acids is 1. The van der Waals surface area contributed by atoms with Gasteiger partial charge < -0.3 is 5.32 Å². The number of thiophene rings is 1. The van der Waals surface area contributed by atoms with E-state index < -0.39 is 18.1 Å². The predicted molar refractivity (Wildman–Crippen MR) is 88.1 cm³/mol. The van der Waals surface area contributed by atoms with Crippen LogP contribution in [0.1, 0.15) is 25.7 Å². The van der Waals surface area contributed by atoms with Crippen molar-refractivity contribution in [2.24, 2.45) is 5.92 Å². The zero-order valence-corrected chi connectivity index (χ0v) is 14.3. The fraction of sp³-hybridized carbons (Fsp3) is 0.533. The molecule has 2 heterocycles. The minimum Gasteiger partial charge on any atom is -0.352 e. The number of hydrogen-bond acceptors (Lipinski definition) is 5. The van der Waals surface area contributed by atoms with Gasteiger partial charge in [0.25, 0.3) is 0 Å². The van der Waals surface area contributed by atoms with Crippen molar-refractivity contribution in [2.45, 2.75) is 42.9 Å². The highest BCUT2D eigenvalue weighted by Crippen LogP contribution is 2.37. The Morgan fingerprint density at radius 1 is 1.33 bits per heavy atom. The van der Waals surface area contributed by atoms with Gasteiger partial charge in [0.1, 0.15) is 11.4 Å². The second kappa shape index (κ2) is 7.26. The third-order valence-electron chi connectivity index (χ3n) is 4.08. The highest BCUT2D eigenvalue weighted by molar-refractivity contribution is 8.00. The molecule has 1 saturated carbocycles. The summed E-state index contributed by atoms with van der Waals surface area (Å²) in [5.74, 6) is -1.78. The van der Waals surface area contributed by atoms with Crippen LogP contribution in [0.5, 0.6) is 0 Å². The summed E-state index contributed by atoms with van der Waals surface area (Å²) in [5, 5.41) is 5.14. The Hall–Kier alpha value is -1.35. The third kappa shape index (κ3) is 4.00. The van der Waals surface area contributed by atoms with Crippen LogP contribution >= 0.6 is 23.1 Å². The molecule has 1 aliphatic carbocycles. The second-order valence-electron chi connectivity index (χ2n) is 5.71. The Kier molecular flexibility index (Phi) is 5.29. The van der Waals surface area contributed by atoms with Crippen LogP contribution in [-0.4, -0.2) is 33.8 Å². The largest absolute Gasteiger partial charge is 0.393 e. The van der Waals surface area contributed by atoms with Crippen molar-refractivity contribution in [3.8, 4) is 0 Å². The van der Waals surface area contributed by atoms with Crippen LogP contribution in [0.2, 0.25) is 0 Å². The molecule has 24 heavy (non-hydrogen) atoms. The lowest BCUT2D eigenvalue weighted by Gasteiger charge is -2.33. The normalized spacial score (nSPS) is 21.8. The van der Waals surface area contributed by atoms with E-state index in [4.69, 9.17) is 0 Å². The smallest absolute Gasteiger partial charge is 0.352 e. The fourth-order valence-corrected chi connectivity index (χ4v) is 4.70. The fourth-order valence-electron chi connectivity index (χ4n) is 2.95. The van der Waals surface area contributed by atoms with E-state index in [1.165, 1.54) is 29.4 Å². The molecule has 0 saturated heterocycles. The summed E-state index contributed by atoms with van der Waals surface area (Å²) in [5.41, 5.74) is 0.808. The van der Waals surface area contributed by atoms with Crippen LogP contribution in [0.15, 0.2) is 22.8 Å². The van der Waals surface area contributed by atoms with Crippen molar-refractivity contribution >= 4 is 39.2 Å². The van der Waals surface area contributed by atoms with E-state index in [0.29, 0.717) is 24.3 Å². The molecule has 4 nitrogen and oxygen atoms in total. The molecule has 3 rings (SSSR count). The van der Waals surface area contributed by atoms with Gasteiger partial charge >= 0.3 is 6.18 Å². The summed E-state index contributed by atoms with van der Waals surface area (Å²) in [6, 6.07) is 1.04. The Bertz CT molecular complexity index is 719. The van der Waals surface area contributed by atoms with Crippen LogP contribution in [0.25, 0.3) is 10.2 Å². The van der Waals surface area contributed by atoms with Gasteiger partial charge in [-0.25, -0.2) is 9.97 Å². The Morgan fingerprint density at radius 2 is 2.12 bits per heavy atom. The summed E-state index contributed by atoms with van der Waals surface area (Å²) >= 11 is 2.70. The molecular formula is C15H16F3N3OS2. The molecule has 0 aliphatic heterocycles. The first-order valence-electron chi connectivity index (χ1n) is 7.62. The number of carbonyl (C=O) groups is 1. The molecule has 130 valence electrons. The number of amides is 1. The molecule has 1 fully saturated rings. The highest BCUT2D eigenvalue weighted by atomic mass is 32.2. The minimum absolute atomic E-state index is 0.0467. The lowest BCUT2D eigenvalue weighted by molar-refractivity contribution is -0.189. The van der Waals surface area contributed by atoms with Crippen molar-refractivity contribution < 1.29 is 18.0 Å². The second-order valence-corrected chi connectivity index (χ2v) is 7.59. The molecule has 1 N–H and O–H groups in total. The number of halogens is 3. The summed E-state index contributed by atoms with van der Waals surface area (Å²) in [6.45, 7) is 0. The van der Waals surface area contributed by atoms with Gasteiger partial charge in [0, 0.05) is 6.04 Å². The Labute approximate surface area is 145 Å². The van der Waals surface area contributed by atoms with Gasteiger partial charge in [-0.1, -0.05) is 24.6 Å². The summed E-state index contributed by atoms with van der Waals surface area (Å²) in [7, 11) is 0. The lowest BCUT2D eigenvalue weighted by atomic mass is 9.84. The third-order valence-corrected chi connectivity index (χ3v) is 6.11. The average Bonchev–Trinajstić information content (AvgIpc) is 3.01. The molecule has 0 spiro atoms. The van der Waals surface area contributed by atoms with Crippen LogP contribution in [0.4, 0.5) is 13.2 Å². The summed E-state index contributed by atoms with van der Waals surface area (Å²) in [6.07, 6.45) is -1.10. The van der Waals surface area contributed by atoms with Crippen molar-refractivity contribution in [1.82, 2.24) is 15.3 Å². The first-order valence-corrected chi connectivity index (χ1v) is 9.49. The van der Waals surface area contributed by atoms with Gasteiger partial charge in [0.15, 0.2) is 0 Å². The average molecular weight is 375 g/mol. The van der Waals surface area contributed by atoms with Gasteiger partial charge in [0.05, 0.1) is 21.9 Å². The number of aromatic nitrogens is 2. The van der Waals surface area contributed by atoms with E-state index in [0.717, 1.165) is 10.2 Å². The van der Waals surface area contributed by atoms with E-state index in [9.17, 15) is 18.0 Å². The molecule has 0 aromatic carbocycles.